The van der Waals surface area contributed by atoms with Gasteiger partial charge in [-0.1, -0.05) is 40.2 Å². The molecule has 2 rings (SSSR count). The van der Waals surface area contributed by atoms with Crippen LogP contribution in [0, 0.1) is 0 Å². The van der Waals surface area contributed by atoms with Gasteiger partial charge >= 0.3 is 6.09 Å². The van der Waals surface area contributed by atoms with Gasteiger partial charge in [-0.25, -0.2) is 9.18 Å². The van der Waals surface area contributed by atoms with Crippen LogP contribution in [0.5, 0.6) is 0 Å². The number of halogens is 2. The topological polar surface area (TPSA) is 58.6 Å². The van der Waals surface area contributed by atoms with Crippen molar-refractivity contribution in [3.63, 3.8) is 0 Å². The van der Waals surface area contributed by atoms with Crippen LogP contribution in [-0.2, 0) is 9.53 Å². The number of allylic oxidation sites excluding steroid dienone is 1. The number of rotatable bonds is 5. The first kappa shape index (κ1) is 21.4. The Kier molecular flexibility index (Phi) is 7.03. The summed E-state index contributed by atoms with van der Waals surface area (Å²) < 4.78 is 19.5. The number of benzene rings is 1. The molecular formula is C20H26BrFN2O3. The summed E-state index contributed by atoms with van der Waals surface area (Å²) in [6.07, 6.45) is 2.00. The molecule has 0 bridgehead atoms. The van der Waals surface area contributed by atoms with Crippen molar-refractivity contribution in [2.45, 2.75) is 51.4 Å². The minimum atomic E-state index is -1.01. The summed E-state index contributed by atoms with van der Waals surface area (Å²) in [6.45, 7) is 7.21. The van der Waals surface area contributed by atoms with E-state index in [4.69, 9.17) is 4.74 Å². The molecule has 1 heterocycles. The number of amides is 2. The highest BCUT2D eigenvalue weighted by atomic mass is 79.9. The lowest BCUT2D eigenvalue weighted by Crippen LogP contribution is -2.59. The number of carbonyl (C=O) groups excluding carboxylic acids is 2. The second kappa shape index (κ2) is 8.87. The Hall–Kier alpha value is -1.89. The maximum Gasteiger partial charge on any atom is 0.408 e. The maximum atomic E-state index is 13.3. The second-order valence-electron chi connectivity index (χ2n) is 7.57. The van der Waals surface area contributed by atoms with E-state index in [1.807, 2.05) is 43.3 Å². The molecule has 0 aliphatic carbocycles. The van der Waals surface area contributed by atoms with Gasteiger partial charge in [0.15, 0.2) is 0 Å². The largest absolute Gasteiger partial charge is 0.444 e. The Morgan fingerprint density at radius 2 is 1.89 bits per heavy atom. The Bertz CT molecular complexity index is 694. The van der Waals surface area contributed by atoms with Crippen LogP contribution in [0.3, 0.4) is 0 Å². The van der Waals surface area contributed by atoms with Gasteiger partial charge in [0.1, 0.15) is 17.8 Å². The molecule has 2 atom stereocenters. The summed E-state index contributed by atoms with van der Waals surface area (Å²) in [5.41, 5.74) is 0.176. The molecule has 7 heteroatoms. The fourth-order valence-corrected chi connectivity index (χ4v) is 3.11. The van der Waals surface area contributed by atoms with Gasteiger partial charge in [-0.15, -0.1) is 0 Å². The van der Waals surface area contributed by atoms with Crippen molar-refractivity contribution in [1.82, 2.24) is 10.2 Å². The molecule has 0 aromatic heterocycles. The zero-order valence-corrected chi connectivity index (χ0v) is 17.6. The highest BCUT2D eigenvalue weighted by molar-refractivity contribution is 9.10. The summed E-state index contributed by atoms with van der Waals surface area (Å²) >= 11 is 3.40. The molecule has 2 amide bonds. The van der Waals surface area contributed by atoms with Crippen LogP contribution in [0.4, 0.5) is 9.18 Å². The maximum absolute atomic E-state index is 13.3. The van der Waals surface area contributed by atoms with Crippen molar-refractivity contribution in [1.29, 1.82) is 0 Å². The smallest absolute Gasteiger partial charge is 0.408 e. The predicted octanol–water partition coefficient (Wildman–Crippen LogP) is 4.18. The van der Waals surface area contributed by atoms with E-state index in [1.165, 1.54) is 4.90 Å². The van der Waals surface area contributed by atoms with Crippen molar-refractivity contribution >= 4 is 27.9 Å². The Morgan fingerprint density at radius 1 is 1.30 bits per heavy atom. The molecule has 1 aromatic rings. The van der Waals surface area contributed by atoms with Crippen molar-refractivity contribution in [3.05, 3.63) is 46.5 Å². The summed E-state index contributed by atoms with van der Waals surface area (Å²) in [7, 11) is 0. The monoisotopic (exact) mass is 440 g/mol. The molecule has 0 unspecified atom stereocenters. The summed E-state index contributed by atoms with van der Waals surface area (Å²) in [5, 5.41) is 2.70. The first-order valence-corrected chi connectivity index (χ1v) is 9.70. The first-order valence-electron chi connectivity index (χ1n) is 8.91. The molecule has 1 aromatic carbocycles. The number of alkyl halides is 1. The third kappa shape index (κ3) is 6.06. The third-order valence-corrected chi connectivity index (χ3v) is 4.63. The van der Waals surface area contributed by atoms with Crippen LogP contribution in [-0.4, -0.2) is 47.8 Å². The van der Waals surface area contributed by atoms with E-state index in [0.717, 1.165) is 10.0 Å². The van der Waals surface area contributed by atoms with Crippen molar-refractivity contribution in [3.8, 4) is 0 Å². The van der Waals surface area contributed by atoms with Gasteiger partial charge in [0, 0.05) is 10.4 Å². The zero-order chi connectivity index (χ0) is 20.2. The average molecular weight is 441 g/mol. The van der Waals surface area contributed by atoms with Gasteiger partial charge in [-0.2, -0.15) is 0 Å². The quantitative estimate of drug-likeness (QED) is 0.698. The molecule has 0 spiro atoms. The minimum absolute atomic E-state index is 0.0498. The molecule has 1 N–H and O–H groups in total. The number of alkyl carbamates (subject to hydrolysis) is 1. The van der Waals surface area contributed by atoms with E-state index in [9.17, 15) is 14.0 Å². The molecule has 0 radical (unpaired) electrons. The van der Waals surface area contributed by atoms with Crippen molar-refractivity contribution < 1.29 is 18.7 Å². The van der Waals surface area contributed by atoms with Crippen LogP contribution in [0.1, 0.15) is 39.2 Å². The van der Waals surface area contributed by atoms with Crippen LogP contribution in [0.25, 0.3) is 0 Å². The molecule has 5 nitrogen and oxygen atoms in total. The molecule has 27 heavy (non-hydrogen) atoms. The molecule has 1 fully saturated rings. The second-order valence-corrected chi connectivity index (χ2v) is 8.48. The number of nitrogens with one attached hydrogen (secondary N) is 1. The lowest BCUT2D eigenvalue weighted by atomic mass is 9.89. The van der Waals surface area contributed by atoms with Gasteiger partial charge in [0.2, 0.25) is 5.91 Å². The number of nitrogens with zero attached hydrogens (tertiary/aromatic N) is 1. The van der Waals surface area contributed by atoms with Crippen LogP contribution in [0.2, 0.25) is 0 Å². The summed E-state index contributed by atoms with van der Waals surface area (Å²) in [4.78, 5) is 26.7. The molecule has 1 aliphatic heterocycles. The van der Waals surface area contributed by atoms with Gasteiger partial charge in [-0.3, -0.25) is 4.79 Å². The minimum Gasteiger partial charge on any atom is -0.444 e. The fourth-order valence-electron chi connectivity index (χ4n) is 2.85. The normalized spacial score (nSPS) is 17.3. The molecule has 0 saturated carbocycles. The fraction of sp³-hybridized carbons (Fsp3) is 0.500. The van der Waals surface area contributed by atoms with E-state index in [-0.39, 0.29) is 19.0 Å². The van der Waals surface area contributed by atoms with Gasteiger partial charge in [0.05, 0.1) is 13.1 Å². The van der Waals surface area contributed by atoms with E-state index < -0.39 is 29.8 Å². The standard InChI is InChI=1S/C20H26BrFN2O3/c1-5-6-16(13-7-9-14(21)10-8-13)17(18(25)24-11-15(22)12-24)23-19(26)27-20(2,3)4/h5-10,15-17H,11-12H2,1-4H3,(H,23,26)/b6-5+/t16-,17-/m0/s1. The molecule has 1 saturated heterocycles. The summed E-state index contributed by atoms with van der Waals surface area (Å²) in [6, 6.07) is 6.65. The Balaban J connectivity index is 2.31. The number of likely N-dealkylation sites (tertiary alicyclic amines) is 1. The van der Waals surface area contributed by atoms with Crippen LogP contribution >= 0.6 is 15.9 Å². The van der Waals surface area contributed by atoms with Crippen molar-refractivity contribution in [2.24, 2.45) is 0 Å². The first-order chi connectivity index (χ1) is 12.6. The van der Waals surface area contributed by atoms with Gasteiger partial charge in [0.25, 0.3) is 0 Å². The van der Waals surface area contributed by atoms with Gasteiger partial charge in [-0.05, 0) is 45.4 Å². The van der Waals surface area contributed by atoms with E-state index >= 15 is 0 Å². The number of carbonyl (C=O) groups is 2. The van der Waals surface area contributed by atoms with E-state index in [0.29, 0.717) is 0 Å². The number of hydrogen-bond donors (Lipinski definition) is 1. The molecule has 148 valence electrons. The van der Waals surface area contributed by atoms with Crippen molar-refractivity contribution in [2.75, 3.05) is 13.1 Å². The van der Waals surface area contributed by atoms with Crippen LogP contribution in [0.15, 0.2) is 40.9 Å². The van der Waals surface area contributed by atoms with Crippen LogP contribution < -0.4 is 5.32 Å². The lowest BCUT2D eigenvalue weighted by Gasteiger charge is -2.38. The number of ether oxygens (including phenoxy) is 1. The highest BCUT2D eigenvalue weighted by Crippen LogP contribution is 2.27. The molecule has 1 aliphatic rings. The van der Waals surface area contributed by atoms with E-state index in [2.05, 4.69) is 21.2 Å². The average Bonchev–Trinajstić information content (AvgIpc) is 2.54. The Morgan fingerprint density at radius 3 is 2.37 bits per heavy atom. The SMILES string of the molecule is C/C=C/[C@@H](c1ccc(Br)cc1)[C@H](NC(=O)OC(C)(C)C)C(=O)N1CC(F)C1. The summed E-state index contributed by atoms with van der Waals surface area (Å²) in [5.74, 6) is -0.720. The van der Waals surface area contributed by atoms with E-state index in [1.54, 1.807) is 20.8 Å². The number of hydrogen-bond acceptors (Lipinski definition) is 3. The predicted molar refractivity (Wildman–Crippen MR) is 106 cm³/mol. The molecular weight excluding hydrogens is 415 g/mol. The highest BCUT2D eigenvalue weighted by Gasteiger charge is 2.39. The zero-order valence-electron chi connectivity index (χ0n) is 16.0. The Labute approximate surface area is 168 Å². The lowest BCUT2D eigenvalue weighted by molar-refractivity contribution is -0.140. The van der Waals surface area contributed by atoms with Gasteiger partial charge < -0.3 is 15.0 Å². The third-order valence-electron chi connectivity index (χ3n) is 4.10.